The largest absolute Gasteiger partial charge is 0.492 e. The highest BCUT2D eigenvalue weighted by Gasteiger charge is 2.15. The van der Waals surface area contributed by atoms with Crippen molar-refractivity contribution in [1.82, 2.24) is 0 Å². The van der Waals surface area contributed by atoms with Gasteiger partial charge in [-0.1, -0.05) is 36.7 Å². The third-order valence-electron chi connectivity index (χ3n) is 3.57. The van der Waals surface area contributed by atoms with E-state index in [0.717, 1.165) is 10.9 Å². The molecule has 0 heterocycles. The van der Waals surface area contributed by atoms with E-state index in [1.165, 1.54) is 0 Å². The topological polar surface area (TPSA) is 64.6 Å². The lowest BCUT2D eigenvalue weighted by Crippen LogP contribution is -2.15. The van der Waals surface area contributed by atoms with Crippen LogP contribution in [-0.4, -0.2) is 25.1 Å². The molecule has 0 spiro atoms. The minimum Gasteiger partial charge on any atom is -0.492 e. The number of hydrogen-bond donors (Lipinski definition) is 1. The Morgan fingerprint density at radius 2 is 1.81 bits per heavy atom. The summed E-state index contributed by atoms with van der Waals surface area (Å²) < 4.78 is 11.6. The van der Waals surface area contributed by atoms with E-state index in [0.29, 0.717) is 41.7 Å². The molecule has 0 unspecified atom stereocenters. The monoisotopic (exact) mass is 433 g/mol. The van der Waals surface area contributed by atoms with Crippen molar-refractivity contribution in [3.63, 3.8) is 0 Å². The van der Waals surface area contributed by atoms with Crippen molar-refractivity contribution in [1.29, 1.82) is 0 Å². The van der Waals surface area contributed by atoms with E-state index >= 15 is 0 Å². The van der Waals surface area contributed by atoms with Gasteiger partial charge in [0.05, 0.1) is 24.3 Å². The molecular weight excluding hydrogens is 410 g/mol. The third-order valence-corrected chi connectivity index (χ3v) is 4.07. The van der Waals surface area contributed by atoms with E-state index in [1.54, 1.807) is 36.4 Å². The first kappa shape index (κ1) is 21.0. The first-order chi connectivity index (χ1) is 12.9. The molecular formula is C21H24BrNO4. The fourth-order valence-corrected chi connectivity index (χ4v) is 2.59. The molecule has 0 aliphatic rings. The van der Waals surface area contributed by atoms with Crippen LogP contribution in [0.4, 0.5) is 5.69 Å². The number of hydrogen-bond acceptors (Lipinski definition) is 4. The van der Waals surface area contributed by atoms with Crippen molar-refractivity contribution >= 4 is 33.5 Å². The maximum Gasteiger partial charge on any atom is 0.338 e. The first-order valence-electron chi connectivity index (χ1n) is 8.91. The number of halogens is 1. The normalized spacial score (nSPS) is 10.6. The van der Waals surface area contributed by atoms with Crippen LogP contribution in [-0.2, 0) is 4.74 Å². The highest BCUT2D eigenvalue weighted by atomic mass is 79.9. The Morgan fingerprint density at radius 1 is 1.11 bits per heavy atom. The second-order valence-corrected chi connectivity index (χ2v) is 7.43. The predicted molar refractivity (Wildman–Crippen MR) is 109 cm³/mol. The molecule has 6 heteroatoms. The summed E-state index contributed by atoms with van der Waals surface area (Å²) in [6, 6.07) is 11.9. The number of anilines is 1. The molecule has 0 aliphatic heterocycles. The number of carbonyl (C=O) groups excluding carboxylic acids is 2. The maximum atomic E-state index is 12.7. The highest BCUT2D eigenvalue weighted by molar-refractivity contribution is 9.10. The molecule has 0 fully saturated rings. The van der Waals surface area contributed by atoms with Gasteiger partial charge in [0, 0.05) is 10.2 Å². The third kappa shape index (κ3) is 6.40. The summed E-state index contributed by atoms with van der Waals surface area (Å²) in [6.45, 7) is 6.94. The Bertz CT molecular complexity index is 787. The van der Waals surface area contributed by atoms with Crippen LogP contribution in [0.15, 0.2) is 46.9 Å². The molecule has 0 saturated carbocycles. The molecule has 1 N–H and O–H groups in total. The molecule has 0 atom stereocenters. The zero-order valence-electron chi connectivity index (χ0n) is 15.8. The Kier molecular flexibility index (Phi) is 7.85. The van der Waals surface area contributed by atoms with E-state index in [9.17, 15) is 9.59 Å². The van der Waals surface area contributed by atoms with Gasteiger partial charge < -0.3 is 14.8 Å². The zero-order chi connectivity index (χ0) is 19.8. The van der Waals surface area contributed by atoms with Crippen LogP contribution in [0.2, 0.25) is 0 Å². The standard InChI is InChI=1S/C21H24BrNO4/c1-4-11-26-21(25)15-5-8-17(9-6-15)23-20(24)18-12-16(22)7-10-19(18)27-13-14(2)3/h5-10,12,14H,4,11,13H2,1-3H3,(H,23,24). The number of esters is 1. The predicted octanol–water partition coefficient (Wildman–Crippen LogP) is 5.30. The molecule has 0 saturated heterocycles. The van der Waals surface area contributed by atoms with Gasteiger partial charge >= 0.3 is 5.97 Å². The lowest BCUT2D eigenvalue weighted by molar-refractivity contribution is 0.0505. The van der Waals surface area contributed by atoms with Crippen LogP contribution in [0.1, 0.15) is 47.9 Å². The SMILES string of the molecule is CCCOC(=O)c1ccc(NC(=O)c2cc(Br)ccc2OCC(C)C)cc1. The Labute approximate surface area is 168 Å². The molecule has 0 aromatic heterocycles. The average molecular weight is 434 g/mol. The summed E-state index contributed by atoms with van der Waals surface area (Å²) in [5, 5.41) is 2.83. The Balaban J connectivity index is 2.10. The van der Waals surface area contributed by atoms with Crippen molar-refractivity contribution in [3.8, 4) is 5.75 Å². The smallest absolute Gasteiger partial charge is 0.338 e. The lowest BCUT2D eigenvalue weighted by Gasteiger charge is -2.14. The lowest BCUT2D eigenvalue weighted by atomic mass is 10.1. The second-order valence-electron chi connectivity index (χ2n) is 6.51. The molecule has 144 valence electrons. The molecule has 2 rings (SSSR count). The fourth-order valence-electron chi connectivity index (χ4n) is 2.23. The van der Waals surface area contributed by atoms with Crippen molar-refractivity contribution in [2.24, 2.45) is 5.92 Å². The van der Waals surface area contributed by atoms with Crippen LogP contribution in [0.5, 0.6) is 5.75 Å². The number of amides is 1. The van der Waals surface area contributed by atoms with Crippen molar-refractivity contribution in [2.45, 2.75) is 27.2 Å². The summed E-state index contributed by atoms with van der Waals surface area (Å²) in [5.74, 6) is 0.233. The van der Waals surface area contributed by atoms with Gasteiger partial charge in [0.1, 0.15) is 5.75 Å². The summed E-state index contributed by atoms with van der Waals surface area (Å²) in [6.07, 6.45) is 0.772. The maximum absolute atomic E-state index is 12.7. The van der Waals surface area contributed by atoms with Gasteiger partial charge in [-0.3, -0.25) is 4.79 Å². The van der Waals surface area contributed by atoms with Crippen LogP contribution in [0, 0.1) is 5.92 Å². The fraction of sp³-hybridized carbons (Fsp3) is 0.333. The summed E-state index contributed by atoms with van der Waals surface area (Å²) in [5.41, 5.74) is 1.48. The number of rotatable bonds is 8. The van der Waals surface area contributed by atoms with Crippen molar-refractivity contribution in [3.05, 3.63) is 58.1 Å². The van der Waals surface area contributed by atoms with Gasteiger partial charge in [0.2, 0.25) is 0 Å². The summed E-state index contributed by atoms with van der Waals surface area (Å²) >= 11 is 3.39. The number of ether oxygens (including phenoxy) is 2. The van der Waals surface area contributed by atoms with Crippen LogP contribution >= 0.6 is 15.9 Å². The average Bonchev–Trinajstić information content (AvgIpc) is 2.65. The zero-order valence-corrected chi connectivity index (χ0v) is 17.3. The quantitative estimate of drug-likeness (QED) is 0.573. The van der Waals surface area contributed by atoms with E-state index in [4.69, 9.17) is 9.47 Å². The second kappa shape index (κ2) is 10.1. The first-order valence-corrected chi connectivity index (χ1v) is 9.71. The van der Waals surface area contributed by atoms with E-state index < -0.39 is 0 Å². The van der Waals surface area contributed by atoms with Gasteiger partial charge in [-0.2, -0.15) is 0 Å². The van der Waals surface area contributed by atoms with Gasteiger partial charge in [-0.15, -0.1) is 0 Å². The van der Waals surface area contributed by atoms with Gasteiger partial charge in [-0.25, -0.2) is 4.79 Å². The van der Waals surface area contributed by atoms with E-state index in [-0.39, 0.29) is 11.9 Å². The number of benzene rings is 2. The van der Waals surface area contributed by atoms with Gasteiger partial charge in [0.25, 0.3) is 5.91 Å². The number of carbonyl (C=O) groups is 2. The Morgan fingerprint density at radius 3 is 2.44 bits per heavy atom. The van der Waals surface area contributed by atoms with E-state index in [1.807, 2.05) is 26.8 Å². The molecule has 0 radical (unpaired) electrons. The molecule has 5 nitrogen and oxygen atoms in total. The van der Waals surface area contributed by atoms with Gasteiger partial charge in [-0.05, 0) is 54.8 Å². The molecule has 2 aromatic carbocycles. The van der Waals surface area contributed by atoms with Crippen LogP contribution in [0.3, 0.4) is 0 Å². The van der Waals surface area contributed by atoms with Gasteiger partial charge in [0.15, 0.2) is 0 Å². The molecule has 1 amide bonds. The van der Waals surface area contributed by atoms with Crippen LogP contribution in [0.25, 0.3) is 0 Å². The van der Waals surface area contributed by atoms with Crippen molar-refractivity contribution < 1.29 is 19.1 Å². The summed E-state index contributed by atoms with van der Waals surface area (Å²) in [4.78, 5) is 24.5. The minimum atomic E-state index is -0.369. The number of nitrogens with one attached hydrogen (secondary N) is 1. The molecule has 2 aromatic rings. The Hall–Kier alpha value is -2.34. The van der Waals surface area contributed by atoms with E-state index in [2.05, 4.69) is 21.2 Å². The van der Waals surface area contributed by atoms with Crippen LogP contribution < -0.4 is 10.1 Å². The molecule has 0 bridgehead atoms. The van der Waals surface area contributed by atoms with Crippen molar-refractivity contribution in [2.75, 3.05) is 18.5 Å². The summed E-state index contributed by atoms with van der Waals surface area (Å²) in [7, 11) is 0. The molecule has 27 heavy (non-hydrogen) atoms. The minimum absolute atomic E-state index is 0.281. The highest BCUT2D eigenvalue weighted by Crippen LogP contribution is 2.25. The molecule has 0 aliphatic carbocycles.